The Balaban J connectivity index is 1.78. The van der Waals surface area contributed by atoms with Crippen LogP contribution in [0.25, 0.3) is 0 Å². The number of sulfonamides is 1. The highest BCUT2D eigenvalue weighted by molar-refractivity contribution is 7.92. The number of benzene rings is 4. The van der Waals surface area contributed by atoms with Gasteiger partial charge >= 0.3 is 0 Å². The van der Waals surface area contributed by atoms with Gasteiger partial charge in [-0.25, -0.2) is 12.8 Å². The first-order chi connectivity index (χ1) is 21.2. The third kappa shape index (κ3) is 8.67. The number of amides is 2. The molecule has 10 heteroatoms. The van der Waals surface area contributed by atoms with Crippen LogP contribution >= 0.6 is 11.6 Å². The maximum Gasteiger partial charge on any atom is 0.264 e. The van der Waals surface area contributed by atoms with Crippen LogP contribution in [0.4, 0.5) is 10.1 Å². The van der Waals surface area contributed by atoms with Gasteiger partial charge in [0, 0.05) is 24.5 Å². The molecule has 0 aromatic heterocycles. The van der Waals surface area contributed by atoms with E-state index in [0.29, 0.717) is 17.1 Å². The second kappa shape index (κ2) is 15.5. The Morgan fingerprint density at radius 1 is 0.864 bits per heavy atom. The van der Waals surface area contributed by atoms with E-state index in [9.17, 15) is 22.4 Å². The standard InChI is InChI=1S/C34H35ClFN3O4S/c1-2-3-21-37-34(41)32(22-26-11-6-4-7-12-26)38(24-27-17-19-29(36)20-18-27)33(40)25-39(30-14-10-13-28(35)23-30)44(42,43)31-15-8-5-9-16-31/h4-20,23,32H,2-3,21-22,24-25H2,1H3,(H,37,41). The highest BCUT2D eigenvalue weighted by atomic mass is 35.5. The molecule has 0 radical (unpaired) electrons. The van der Waals surface area contributed by atoms with Gasteiger partial charge in [0.1, 0.15) is 18.4 Å². The number of anilines is 1. The molecule has 0 saturated carbocycles. The largest absolute Gasteiger partial charge is 0.354 e. The number of rotatable bonds is 14. The third-order valence-corrected chi connectivity index (χ3v) is 9.10. The van der Waals surface area contributed by atoms with Crippen molar-refractivity contribution in [3.8, 4) is 0 Å². The van der Waals surface area contributed by atoms with E-state index in [1.54, 1.807) is 48.5 Å². The zero-order chi connectivity index (χ0) is 31.5. The summed E-state index contributed by atoms with van der Waals surface area (Å²) in [5.74, 6) is -1.41. The summed E-state index contributed by atoms with van der Waals surface area (Å²) in [5.41, 5.74) is 1.60. The van der Waals surface area contributed by atoms with Crippen LogP contribution in [0.5, 0.6) is 0 Å². The molecule has 44 heavy (non-hydrogen) atoms. The van der Waals surface area contributed by atoms with Gasteiger partial charge < -0.3 is 10.2 Å². The van der Waals surface area contributed by atoms with E-state index < -0.39 is 34.3 Å². The minimum Gasteiger partial charge on any atom is -0.354 e. The Kier molecular flexibility index (Phi) is 11.5. The second-order valence-corrected chi connectivity index (χ2v) is 12.6. The van der Waals surface area contributed by atoms with E-state index in [2.05, 4.69) is 5.32 Å². The lowest BCUT2D eigenvalue weighted by molar-refractivity contribution is -0.140. The van der Waals surface area contributed by atoms with Crippen LogP contribution in [0.3, 0.4) is 0 Å². The SMILES string of the molecule is CCCCNC(=O)C(Cc1ccccc1)N(Cc1ccc(F)cc1)C(=O)CN(c1cccc(Cl)c1)S(=O)(=O)c1ccccc1. The van der Waals surface area contributed by atoms with E-state index in [4.69, 9.17) is 11.6 Å². The van der Waals surface area contributed by atoms with Crippen molar-refractivity contribution in [2.24, 2.45) is 0 Å². The maximum absolute atomic E-state index is 14.4. The fraction of sp³-hybridized carbons (Fsp3) is 0.235. The number of hydrogen-bond donors (Lipinski definition) is 1. The summed E-state index contributed by atoms with van der Waals surface area (Å²) < 4.78 is 42.7. The molecule has 0 aliphatic heterocycles. The molecule has 2 amide bonds. The smallest absolute Gasteiger partial charge is 0.264 e. The molecule has 4 rings (SSSR count). The van der Waals surface area contributed by atoms with Gasteiger partial charge in [-0.2, -0.15) is 0 Å². The van der Waals surface area contributed by atoms with E-state index in [-0.39, 0.29) is 29.5 Å². The number of hydrogen-bond acceptors (Lipinski definition) is 4. The van der Waals surface area contributed by atoms with Gasteiger partial charge in [0.2, 0.25) is 11.8 Å². The summed E-state index contributed by atoms with van der Waals surface area (Å²) in [5, 5.41) is 3.24. The lowest BCUT2D eigenvalue weighted by Gasteiger charge is -2.34. The molecule has 1 unspecified atom stereocenters. The lowest BCUT2D eigenvalue weighted by atomic mass is 10.0. The van der Waals surface area contributed by atoms with E-state index >= 15 is 0 Å². The predicted octanol–water partition coefficient (Wildman–Crippen LogP) is 6.23. The summed E-state index contributed by atoms with van der Waals surface area (Å²) in [6.45, 7) is 1.78. The first-order valence-electron chi connectivity index (χ1n) is 14.4. The van der Waals surface area contributed by atoms with Gasteiger partial charge in [0.05, 0.1) is 10.6 Å². The molecule has 0 aliphatic carbocycles. The summed E-state index contributed by atoms with van der Waals surface area (Å²) in [6, 6.07) is 28.0. The molecule has 4 aromatic rings. The normalized spacial score (nSPS) is 11.9. The molecule has 0 spiro atoms. The molecular weight excluding hydrogens is 601 g/mol. The molecule has 0 bridgehead atoms. The van der Waals surface area contributed by atoms with Crippen LogP contribution in [0, 0.1) is 5.82 Å². The van der Waals surface area contributed by atoms with E-state index in [1.165, 1.54) is 35.2 Å². The Hall–Kier alpha value is -4.21. The number of halogens is 2. The zero-order valence-corrected chi connectivity index (χ0v) is 26.0. The molecule has 0 aliphatic rings. The van der Waals surface area contributed by atoms with Crippen LogP contribution < -0.4 is 9.62 Å². The molecule has 4 aromatic carbocycles. The van der Waals surface area contributed by atoms with Crippen molar-refractivity contribution in [1.82, 2.24) is 10.2 Å². The highest BCUT2D eigenvalue weighted by Gasteiger charge is 2.34. The average Bonchev–Trinajstić information content (AvgIpc) is 3.03. The Bertz CT molecular complexity index is 1640. The van der Waals surface area contributed by atoms with Crippen molar-refractivity contribution < 1.29 is 22.4 Å². The van der Waals surface area contributed by atoms with Crippen LogP contribution in [0.1, 0.15) is 30.9 Å². The molecule has 0 fully saturated rings. The predicted molar refractivity (Wildman–Crippen MR) is 171 cm³/mol. The molecule has 230 valence electrons. The van der Waals surface area contributed by atoms with Crippen molar-refractivity contribution in [2.45, 2.75) is 43.7 Å². The first-order valence-corrected chi connectivity index (χ1v) is 16.2. The fourth-order valence-electron chi connectivity index (χ4n) is 4.73. The zero-order valence-electron chi connectivity index (χ0n) is 24.4. The van der Waals surface area contributed by atoms with E-state index in [1.807, 2.05) is 37.3 Å². The van der Waals surface area contributed by atoms with Crippen molar-refractivity contribution >= 4 is 39.1 Å². The van der Waals surface area contributed by atoms with Gasteiger partial charge in [-0.15, -0.1) is 0 Å². The van der Waals surface area contributed by atoms with Crippen LogP contribution in [-0.2, 0) is 32.6 Å². The number of nitrogens with one attached hydrogen (secondary N) is 1. The molecule has 0 heterocycles. The van der Waals surface area contributed by atoms with Gasteiger partial charge in [0.15, 0.2) is 0 Å². The number of carbonyl (C=O) groups is 2. The first kappa shape index (κ1) is 32.7. The Labute approximate surface area is 263 Å². The van der Waals surface area contributed by atoms with Crippen LogP contribution in [-0.4, -0.2) is 44.3 Å². The number of carbonyl (C=O) groups excluding carboxylic acids is 2. The summed E-state index contributed by atoms with van der Waals surface area (Å²) in [4.78, 5) is 29.4. The quantitative estimate of drug-likeness (QED) is 0.166. The van der Waals surface area contributed by atoms with Crippen LogP contribution in [0.2, 0.25) is 5.02 Å². The maximum atomic E-state index is 14.4. The van der Waals surface area contributed by atoms with E-state index in [0.717, 1.165) is 22.7 Å². The van der Waals surface area contributed by atoms with Crippen LogP contribution in [0.15, 0.2) is 114 Å². The Morgan fingerprint density at radius 2 is 1.52 bits per heavy atom. The Morgan fingerprint density at radius 3 is 2.16 bits per heavy atom. The summed E-state index contributed by atoms with van der Waals surface area (Å²) in [6.07, 6.45) is 1.82. The second-order valence-electron chi connectivity index (χ2n) is 10.3. The van der Waals surface area contributed by atoms with Crippen molar-refractivity contribution in [2.75, 3.05) is 17.4 Å². The lowest BCUT2D eigenvalue weighted by Crippen LogP contribution is -2.53. The van der Waals surface area contributed by atoms with Crippen molar-refractivity contribution in [3.63, 3.8) is 0 Å². The molecule has 0 saturated heterocycles. The van der Waals surface area contributed by atoms with Crippen molar-refractivity contribution in [3.05, 3.63) is 131 Å². The van der Waals surface area contributed by atoms with Gasteiger partial charge in [-0.3, -0.25) is 13.9 Å². The van der Waals surface area contributed by atoms with Gasteiger partial charge in [0.25, 0.3) is 10.0 Å². The third-order valence-electron chi connectivity index (χ3n) is 7.07. The number of unbranched alkanes of at least 4 members (excludes halogenated alkanes) is 1. The van der Waals surface area contributed by atoms with Crippen molar-refractivity contribution in [1.29, 1.82) is 0 Å². The molecule has 1 atom stereocenters. The summed E-state index contributed by atoms with van der Waals surface area (Å²) >= 11 is 6.25. The molecular formula is C34H35ClFN3O4S. The minimum absolute atomic E-state index is 0.00370. The minimum atomic E-state index is -4.22. The topological polar surface area (TPSA) is 86.8 Å². The fourth-order valence-corrected chi connectivity index (χ4v) is 6.34. The van der Waals surface area contributed by atoms with Gasteiger partial charge in [-0.05, 0) is 60.0 Å². The molecule has 7 nitrogen and oxygen atoms in total. The van der Waals surface area contributed by atoms with Gasteiger partial charge in [-0.1, -0.05) is 91.7 Å². The monoisotopic (exact) mass is 635 g/mol. The highest BCUT2D eigenvalue weighted by Crippen LogP contribution is 2.27. The summed E-state index contributed by atoms with van der Waals surface area (Å²) in [7, 11) is -4.22. The average molecular weight is 636 g/mol. The molecule has 1 N–H and O–H groups in total. The number of nitrogens with zero attached hydrogens (tertiary/aromatic N) is 2.